The highest BCUT2D eigenvalue weighted by molar-refractivity contribution is 5.22. The fraction of sp³-hybridized carbons (Fsp3) is 0.333. The largest absolute Gasteiger partial charge is 0.396 e. The highest BCUT2D eigenvalue weighted by Crippen LogP contribution is 2.22. The zero-order chi connectivity index (χ0) is 14.3. The van der Waals surface area contributed by atoms with Gasteiger partial charge in [0, 0.05) is 12.1 Å². The van der Waals surface area contributed by atoms with Crippen LogP contribution in [0.5, 0.6) is 0 Å². The standard InChI is InChI=1S/C18H23NO/c1-19-18(12-13-20,14-16-8-4-2-5-9-16)15-17-10-6-3-7-11-17/h2-11,19-20H,12-15H2,1H3. The minimum Gasteiger partial charge on any atom is -0.396 e. The maximum Gasteiger partial charge on any atom is 0.0448 e. The van der Waals surface area contributed by atoms with Gasteiger partial charge in [-0.1, -0.05) is 60.7 Å². The molecule has 0 aromatic heterocycles. The minimum atomic E-state index is -0.0997. The van der Waals surface area contributed by atoms with E-state index >= 15 is 0 Å². The van der Waals surface area contributed by atoms with Crippen molar-refractivity contribution in [1.29, 1.82) is 0 Å². The Morgan fingerprint density at radius 1 is 0.850 bits per heavy atom. The molecular formula is C18H23NO. The van der Waals surface area contributed by atoms with Crippen LogP contribution >= 0.6 is 0 Å². The van der Waals surface area contributed by atoms with Crippen molar-refractivity contribution in [2.75, 3.05) is 13.7 Å². The number of likely N-dealkylation sites (N-methyl/N-ethyl adjacent to an activating group) is 1. The molecule has 2 nitrogen and oxygen atoms in total. The van der Waals surface area contributed by atoms with Crippen molar-refractivity contribution in [3.8, 4) is 0 Å². The molecule has 0 spiro atoms. The van der Waals surface area contributed by atoms with Crippen molar-refractivity contribution in [2.45, 2.75) is 24.8 Å². The van der Waals surface area contributed by atoms with Gasteiger partial charge in [-0.2, -0.15) is 0 Å². The average molecular weight is 269 g/mol. The Bertz CT molecular complexity index is 454. The van der Waals surface area contributed by atoms with E-state index in [0.717, 1.165) is 19.3 Å². The predicted octanol–water partition coefficient (Wildman–Crippen LogP) is 2.81. The molecule has 0 aliphatic carbocycles. The smallest absolute Gasteiger partial charge is 0.0448 e. The molecule has 0 aliphatic rings. The van der Waals surface area contributed by atoms with Crippen LogP contribution < -0.4 is 5.32 Å². The molecule has 0 atom stereocenters. The quantitative estimate of drug-likeness (QED) is 0.810. The number of benzene rings is 2. The van der Waals surface area contributed by atoms with E-state index in [-0.39, 0.29) is 12.1 Å². The molecule has 2 heteroatoms. The number of rotatable bonds is 7. The molecule has 0 amide bonds. The monoisotopic (exact) mass is 269 g/mol. The highest BCUT2D eigenvalue weighted by atomic mass is 16.3. The molecule has 106 valence electrons. The van der Waals surface area contributed by atoms with Crippen LogP contribution in [0.2, 0.25) is 0 Å². The van der Waals surface area contributed by atoms with Gasteiger partial charge in [-0.05, 0) is 37.4 Å². The topological polar surface area (TPSA) is 32.3 Å². The first-order valence-corrected chi connectivity index (χ1v) is 7.16. The molecule has 2 rings (SSSR count). The van der Waals surface area contributed by atoms with Crippen LogP contribution in [-0.4, -0.2) is 24.3 Å². The zero-order valence-electron chi connectivity index (χ0n) is 12.0. The lowest BCUT2D eigenvalue weighted by Crippen LogP contribution is -2.47. The van der Waals surface area contributed by atoms with Gasteiger partial charge in [-0.15, -0.1) is 0 Å². The second kappa shape index (κ2) is 7.22. The van der Waals surface area contributed by atoms with Gasteiger partial charge >= 0.3 is 0 Å². The van der Waals surface area contributed by atoms with Gasteiger partial charge in [0.05, 0.1) is 0 Å². The van der Waals surface area contributed by atoms with Crippen LogP contribution in [0, 0.1) is 0 Å². The second-order valence-electron chi connectivity index (χ2n) is 5.33. The fourth-order valence-corrected chi connectivity index (χ4v) is 2.73. The number of aliphatic hydroxyl groups is 1. The van der Waals surface area contributed by atoms with Crippen molar-refractivity contribution in [1.82, 2.24) is 5.32 Å². The van der Waals surface area contributed by atoms with Crippen molar-refractivity contribution in [2.24, 2.45) is 0 Å². The third-order valence-corrected chi connectivity index (χ3v) is 3.89. The van der Waals surface area contributed by atoms with E-state index in [2.05, 4.69) is 53.8 Å². The van der Waals surface area contributed by atoms with E-state index in [4.69, 9.17) is 0 Å². The van der Waals surface area contributed by atoms with Crippen LogP contribution in [0.1, 0.15) is 17.5 Å². The molecule has 2 aromatic carbocycles. The van der Waals surface area contributed by atoms with Crippen molar-refractivity contribution in [3.63, 3.8) is 0 Å². The first-order chi connectivity index (χ1) is 9.78. The average Bonchev–Trinajstić information content (AvgIpc) is 2.49. The fourth-order valence-electron chi connectivity index (χ4n) is 2.73. The number of nitrogens with one attached hydrogen (secondary N) is 1. The molecular weight excluding hydrogens is 246 g/mol. The number of aliphatic hydroxyl groups excluding tert-OH is 1. The van der Waals surface area contributed by atoms with Crippen molar-refractivity contribution < 1.29 is 5.11 Å². The third kappa shape index (κ3) is 3.92. The number of hydrogen-bond acceptors (Lipinski definition) is 2. The molecule has 2 N–H and O–H groups in total. The van der Waals surface area contributed by atoms with Gasteiger partial charge in [-0.25, -0.2) is 0 Å². The van der Waals surface area contributed by atoms with Gasteiger partial charge in [0.25, 0.3) is 0 Å². The van der Waals surface area contributed by atoms with E-state index < -0.39 is 0 Å². The normalized spacial score (nSPS) is 11.5. The van der Waals surface area contributed by atoms with Crippen molar-refractivity contribution in [3.05, 3.63) is 71.8 Å². The van der Waals surface area contributed by atoms with Gasteiger partial charge < -0.3 is 10.4 Å². The summed E-state index contributed by atoms with van der Waals surface area (Å²) in [5.74, 6) is 0. The summed E-state index contributed by atoms with van der Waals surface area (Å²) < 4.78 is 0. The molecule has 0 saturated carbocycles. The van der Waals surface area contributed by atoms with Crippen LogP contribution in [0.15, 0.2) is 60.7 Å². The van der Waals surface area contributed by atoms with Gasteiger partial charge in [-0.3, -0.25) is 0 Å². The van der Waals surface area contributed by atoms with Crippen LogP contribution in [0.3, 0.4) is 0 Å². The first kappa shape index (κ1) is 14.8. The molecule has 20 heavy (non-hydrogen) atoms. The van der Waals surface area contributed by atoms with Crippen LogP contribution in [-0.2, 0) is 12.8 Å². The molecule has 0 bridgehead atoms. The lowest BCUT2D eigenvalue weighted by Gasteiger charge is -2.34. The summed E-state index contributed by atoms with van der Waals surface area (Å²) in [5, 5.41) is 12.9. The SMILES string of the molecule is CNC(CCO)(Cc1ccccc1)Cc1ccccc1. The zero-order valence-corrected chi connectivity index (χ0v) is 12.0. The van der Waals surface area contributed by atoms with Gasteiger partial charge in [0.1, 0.15) is 0 Å². The van der Waals surface area contributed by atoms with E-state index in [1.54, 1.807) is 0 Å². The molecule has 0 fully saturated rings. The Morgan fingerprint density at radius 3 is 1.65 bits per heavy atom. The maximum absolute atomic E-state index is 9.45. The van der Waals surface area contributed by atoms with Crippen LogP contribution in [0.25, 0.3) is 0 Å². The summed E-state index contributed by atoms with van der Waals surface area (Å²) in [6.45, 7) is 0.195. The minimum absolute atomic E-state index is 0.0997. The second-order valence-corrected chi connectivity index (χ2v) is 5.33. The molecule has 0 saturated heterocycles. The summed E-state index contributed by atoms with van der Waals surface area (Å²) in [6, 6.07) is 20.9. The van der Waals surface area contributed by atoms with Gasteiger partial charge in [0.2, 0.25) is 0 Å². The lowest BCUT2D eigenvalue weighted by molar-refractivity contribution is 0.213. The summed E-state index contributed by atoms with van der Waals surface area (Å²) in [7, 11) is 1.99. The van der Waals surface area contributed by atoms with E-state index in [1.165, 1.54) is 11.1 Å². The van der Waals surface area contributed by atoms with Crippen LogP contribution in [0.4, 0.5) is 0 Å². The Hall–Kier alpha value is -1.64. The van der Waals surface area contributed by atoms with Crippen molar-refractivity contribution >= 4 is 0 Å². The van der Waals surface area contributed by atoms with Gasteiger partial charge in [0.15, 0.2) is 0 Å². The molecule has 0 radical (unpaired) electrons. The summed E-state index contributed by atoms with van der Waals surface area (Å²) >= 11 is 0. The molecule has 0 aliphatic heterocycles. The third-order valence-electron chi connectivity index (χ3n) is 3.89. The Labute approximate surface area is 121 Å². The first-order valence-electron chi connectivity index (χ1n) is 7.16. The summed E-state index contributed by atoms with van der Waals surface area (Å²) in [6.07, 6.45) is 2.58. The van der Waals surface area contributed by atoms with E-state index in [1.807, 2.05) is 19.2 Å². The highest BCUT2D eigenvalue weighted by Gasteiger charge is 2.28. The summed E-state index contributed by atoms with van der Waals surface area (Å²) in [4.78, 5) is 0. The van der Waals surface area contributed by atoms with E-state index in [0.29, 0.717) is 0 Å². The maximum atomic E-state index is 9.45. The Morgan fingerprint density at radius 2 is 1.30 bits per heavy atom. The van der Waals surface area contributed by atoms with E-state index in [9.17, 15) is 5.11 Å². The molecule has 0 unspecified atom stereocenters. The molecule has 0 heterocycles. The predicted molar refractivity (Wildman–Crippen MR) is 83.8 cm³/mol. The Kier molecular flexibility index (Phi) is 5.33. The lowest BCUT2D eigenvalue weighted by atomic mass is 9.82. The Balaban J connectivity index is 2.20. The number of hydrogen-bond donors (Lipinski definition) is 2. The molecule has 2 aromatic rings. The summed E-state index contributed by atoms with van der Waals surface area (Å²) in [5.41, 5.74) is 2.50.